The molecule has 0 aromatic heterocycles. The van der Waals surface area contributed by atoms with Crippen LogP contribution in [0.1, 0.15) is 38.3 Å². The summed E-state index contributed by atoms with van der Waals surface area (Å²) in [7, 11) is 0. The van der Waals surface area contributed by atoms with Crippen LogP contribution in [0.5, 0.6) is 0 Å². The smallest absolute Gasteiger partial charge is 0.407 e. The molecular formula is C20H19NO4. The Labute approximate surface area is 146 Å². The maximum absolute atomic E-state index is 11.6. The molecule has 5 nitrogen and oxygen atoms in total. The van der Waals surface area contributed by atoms with Gasteiger partial charge in [0, 0.05) is 17.7 Å². The first kappa shape index (κ1) is 18.1. The van der Waals surface area contributed by atoms with Gasteiger partial charge in [0.2, 0.25) is 0 Å². The number of ether oxygens (including phenoxy) is 1. The van der Waals surface area contributed by atoms with Crippen molar-refractivity contribution in [2.75, 3.05) is 6.54 Å². The van der Waals surface area contributed by atoms with Gasteiger partial charge in [-0.05, 0) is 35.7 Å². The third-order valence-corrected chi connectivity index (χ3v) is 3.38. The number of hydrogen-bond donors (Lipinski definition) is 1. The van der Waals surface area contributed by atoms with Crippen LogP contribution < -0.4 is 5.32 Å². The van der Waals surface area contributed by atoms with E-state index in [1.807, 2.05) is 36.4 Å². The van der Waals surface area contributed by atoms with Crippen molar-refractivity contribution in [2.45, 2.75) is 13.0 Å². The summed E-state index contributed by atoms with van der Waals surface area (Å²) in [5.74, 6) is 0. The Bertz CT molecular complexity index is 727. The second kappa shape index (κ2) is 9.82. The fourth-order valence-electron chi connectivity index (χ4n) is 2.19. The molecule has 2 rings (SSSR count). The van der Waals surface area contributed by atoms with E-state index in [0.29, 0.717) is 36.7 Å². The molecule has 0 aliphatic rings. The SMILES string of the molecule is O=Cc1cc(C=O)cc(C=CCCNC(=O)OCc2ccccc2)c1. The molecule has 0 aliphatic heterocycles. The van der Waals surface area contributed by atoms with Crippen LogP contribution in [0.4, 0.5) is 4.79 Å². The molecule has 1 amide bonds. The zero-order valence-corrected chi connectivity index (χ0v) is 13.7. The number of amides is 1. The molecule has 0 unspecified atom stereocenters. The van der Waals surface area contributed by atoms with Crippen molar-refractivity contribution in [3.8, 4) is 0 Å². The third-order valence-electron chi connectivity index (χ3n) is 3.38. The van der Waals surface area contributed by atoms with E-state index in [0.717, 1.165) is 11.1 Å². The topological polar surface area (TPSA) is 72.5 Å². The maximum atomic E-state index is 11.6. The molecule has 128 valence electrons. The summed E-state index contributed by atoms with van der Waals surface area (Å²) in [6.45, 7) is 0.660. The molecule has 0 spiro atoms. The third kappa shape index (κ3) is 6.43. The molecule has 0 radical (unpaired) electrons. The van der Waals surface area contributed by atoms with E-state index in [2.05, 4.69) is 5.32 Å². The van der Waals surface area contributed by atoms with Gasteiger partial charge in [-0.1, -0.05) is 42.5 Å². The van der Waals surface area contributed by atoms with Gasteiger partial charge in [-0.15, -0.1) is 0 Å². The van der Waals surface area contributed by atoms with Crippen LogP contribution in [0.3, 0.4) is 0 Å². The standard InChI is InChI=1S/C20H19NO4/c22-13-18-10-17(11-19(12-18)14-23)8-4-5-9-21-20(24)25-15-16-6-2-1-3-7-16/h1-4,6-8,10-14H,5,9,15H2,(H,21,24). The number of carbonyl (C=O) groups is 3. The van der Waals surface area contributed by atoms with Gasteiger partial charge in [-0.2, -0.15) is 0 Å². The largest absolute Gasteiger partial charge is 0.445 e. The summed E-state index contributed by atoms with van der Waals surface area (Å²) in [5.41, 5.74) is 2.59. The highest BCUT2D eigenvalue weighted by Crippen LogP contribution is 2.10. The Hall–Kier alpha value is -3.21. The lowest BCUT2D eigenvalue weighted by atomic mass is 10.1. The van der Waals surface area contributed by atoms with Gasteiger partial charge in [0.05, 0.1) is 0 Å². The van der Waals surface area contributed by atoms with Crippen molar-refractivity contribution < 1.29 is 19.1 Å². The van der Waals surface area contributed by atoms with Gasteiger partial charge in [0.15, 0.2) is 0 Å². The van der Waals surface area contributed by atoms with Gasteiger partial charge in [0.1, 0.15) is 19.2 Å². The summed E-state index contributed by atoms with van der Waals surface area (Å²) in [4.78, 5) is 33.3. The molecule has 0 heterocycles. The minimum Gasteiger partial charge on any atom is -0.445 e. The summed E-state index contributed by atoms with van der Waals surface area (Å²) >= 11 is 0. The Morgan fingerprint density at radius 3 is 2.24 bits per heavy atom. The molecule has 1 N–H and O–H groups in total. The molecular weight excluding hydrogens is 318 g/mol. The summed E-state index contributed by atoms with van der Waals surface area (Å²) < 4.78 is 5.10. The van der Waals surface area contributed by atoms with E-state index in [-0.39, 0.29) is 6.61 Å². The van der Waals surface area contributed by atoms with Crippen molar-refractivity contribution in [1.82, 2.24) is 5.32 Å². The van der Waals surface area contributed by atoms with Gasteiger partial charge in [0.25, 0.3) is 0 Å². The summed E-state index contributed by atoms with van der Waals surface area (Å²) in [6.07, 6.45) is 5.20. The first-order chi connectivity index (χ1) is 12.2. The quantitative estimate of drug-likeness (QED) is 0.589. The normalized spacial score (nSPS) is 10.4. The average Bonchev–Trinajstić information content (AvgIpc) is 2.66. The van der Waals surface area contributed by atoms with Crippen molar-refractivity contribution in [3.05, 3.63) is 76.9 Å². The number of alkyl carbamates (subject to hydrolysis) is 1. The molecule has 0 aliphatic carbocycles. The molecule has 0 bridgehead atoms. The summed E-state index contributed by atoms with van der Waals surface area (Å²) in [5, 5.41) is 2.66. The number of rotatable bonds is 8. The van der Waals surface area contributed by atoms with Crippen LogP contribution in [-0.2, 0) is 11.3 Å². The molecule has 0 saturated heterocycles. The maximum Gasteiger partial charge on any atom is 0.407 e. The summed E-state index contributed by atoms with van der Waals surface area (Å²) in [6, 6.07) is 14.4. The van der Waals surface area contributed by atoms with E-state index >= 15 is 0 Å². The predicted molar refractivity (Wildman–Crippen MR) is 95.5 cm³/mol. The Morgan fingerprint density at radius 2 is 1.60 bits per heavy atom. The van der Waals surface area contributed by atoms with Gasteiger partial charge < -0.3 is 10.1 Å². The average molecular weight is 337 g/mol. The Balaban J connectivity index is 1.73. The first-order valence-electron chi connectivity index (χ1n) is 7.88. The zero-order chi connectivity index (χ0) is 17.9. The van der Waals surface area contributed by atoms with E-state index in [4.69, 9.17) is 4.74 Å². The highest BCUT2D eigenvalue weighted by molar-refractivity contribution is 5.83. The van der Waals surface area contributed by atoms with Crippen molar-refractivity contribution in [2.24, 2.45) is 0 Å². The number of carbonyl (C=O) groups excluding carboxylic acids is 3. The van der Waals surface area contributed by atoms with Crippen LogP contribution in [0.2, 0.25) is 0 Å². The lowest BCUT2D eigenvalue weighted by Crippen LogP contribution is -2.24. The molecule has 2 aromatic rings. The minimum atomic E-state index is -0.469. The van der Waals surface area contributed by atoms with Gasteiger partial charge in [-0.3, -0.25) is 9.59 Å². The van der Waals surface area contributed by atoms with Crippen LogP contribution in [0, 0.1) is 0 Å². The van der Waals surface area contributed by atoms with E-state index in [1.54, 1.807) is 18.2 Å². The van der Waals surface area contributed by atoms with Crippen LogP contribution >= 0.6 is 0 Å². The van der Waals surface area contributed by atoms with Crippen LogP contribution in [0.25, 0.3) is 6.08 Å². The number of aldehydes is 2. The molecule has 0 atom stereocenters. The van der Waals surface area contributed by atoms with Crippen molar-refractivity contribution in [3.63, 3.8) is 0 Å². The predicted octanol–water partition coefficient (Wildman–Crippen LogP) is 3.64. The van der Waals surface area contributed by atoms with Gasteiger partial charge >= 0.3 is 6.09 Å². The Morgan fingerprint density at radius 1 is 0.960 bits per heavy atom. The molecule has 25 heavy (non-hydrogen) atoms. The van der Waals surface area contributed by atoms with Crippen molar-refractivity contribution in [1.29, 1.82) is 0 Å². The van der Waals surface area contributed by atoms with E-state index < -0.39 is 6.09 Å². The van der Waals surface area contributed by atoms with E-state index in [1.165, 1.54) is 6.07 Å². The fraction of sp³-hybridized carbons (Fsp3) is 0.150. The number of hydrogen-bond acceptors (Lipinski definition) is 4. The minimum absolute atomic E-state index is 0.232. The second-order valence-corrected chi connectivity index (χ2v) is 5.35. The number of nitrogens with one attached hydrogen (secondary N) is 1. The first-order valence-corrected chi connectivity index (χ1v) is 7.88. The zero-order valence-electron chi connectivity index (χ0n) is 13.7. The lowest BCUT2D eigenvalue weighted by molar-refractivity contribution is 0.112. The monoisotopic (exact) mass is 337 g/mol. The highest BCUT2D eigenvalue weighted by atomic mass is 16.5. The lowest BCUT2D eigenvalue weighted by Gasteiger charge is -2.06. The van der Waals surface area contributed by atoms with Crippen LogP contribution in [0.15, 0.2) is 54.6 Å². The number of benzene rings is 2. The molecule has 0 fully saturated rings. The van der Waals surface area contributed by atoms with E-state index in [9.17, 15) is 14.4 Å². The molecule has 5 heteroatoms. The molecule has 2 aromatic carbocycles. The van der Waals surface area contributed by atoms with Crippen molar-refractivity contribution >= 4 is 24.7 Å². The fourth-order valence-corrected chi connectivity index (χ4v) is 2.19. The Kier molecular flexibility index (Phi) is 7.13. The van der Waals surface area contributed by atoms with Gasteiger partial charge in [-0.25, -0.2) is 4.79 Å². The molecule has 0 saturated carbocycles. The van der Waals surface area contributed by atoms with Crippen LogP contribution in [-0.4, -0.2) is 25.2 Å². The second-order valence-electron chi connectivity index (χ2n) is 5.35. The highest BCUT2D eigenvalue weighted by Gasteiger charge is 2.01.